The number of piperidine rings is 1. The summed E-state index contributed by atoms with van der Waals surface area (Å²) in [7, 11) is 1.66. The molecule has 4 rings (SSSR count). The van der Waals surface area contributed by atoms with Crippen molar-refractivity contribution in [1.82, 2.24) is 10.3 Å². The van der Waals surface area contributed by atoms with E-state index in [4.69, 9.17) is 4.74 Å². The number of benzene rings is 1. The molecule has 1 amide bonds. The number of hydrogen-bond acceptors (Lipinski definition) is 5. The van der Waals surface area contributed by atoms with E-state index >= 15 is 0 Å². The standard InChI is InChI=1S/C23H27N3O2S/c1-3-20(16-6-8-18(28-2)9-7-16)25-23(27)17-5-4-13-26(15-17)22-19-11-14-29-21(19)10-12-24-22/h6-12,14,17,20H,3-5,13,15H2,1-2H3,(H,25,27)/t17-,20-/m1/s1. The number of aromatic nitrogens is 1. The second kappa shape index (κ2) is 8.82. The summed E-state index contributed by atoms with van der Waals surface area (Å²) in [6.07, 6.45) is 4.64. The highest BCUT2D eigenvalue weighted by Gasteiger charge is 2.28. The van der Waals surface area contributed by atoms with Gasteiger partial charge in [0, 0.05) is 29.4 Å². The number of nitrogens with zero attached hydrogens (tertiary/aromatic N) is 2. The van der Waals surface area contributed by atoms with E-state index in [1.807, 2.05) is 30.5 Å². The first-order chi connectivity index (χ1) is 14.2. The summed E-state index contributed by atoms with van der Waals surface area (Å²) in [4.78, 5) is 20.0. The molecule has 5 nitrogen and oxygen atoms in total. The van der Waals surface area contributed by atoms with Crippen LogP contribution in [0.5, 0.6) is 5.75 Å². The van der Waals surface area contributed by atoms with Crippen molar-refractivity contribution >= 4 is 33.1 Å². The molecule has 1 N–H and O–H groups in total. The molecule has 1 aromatic carbocycles. The van der Waals surface area contributed by atoms with Crippen LogP contribution in [0.1, 0.15) is 37.8 Å². The summed E-state index contributed by atoms with van der Waals surface area (Å²) in [5.41, 5.74) is 1.11. The fourth-order valence-corrected chi connectivity index (χ4v) is 4.84. The second-order valence-corrected chi connectivity index (χ2v) is 8.44. The minimum Gasteiger partial charge on any atom is -0.497 e. The molecule has 0 spiro atoms. The largest absolute Gasteiger partial charge is 0.497 e. The highest BCUT2D eigenvalue weighted by molar-refractivity contribution is 7.17. The molecule has 1 fully saturated rings. The maximum absolute atomic E-state index is 13.1. The predicted octanol–water partition coefficient (Wildman–Crippen LogP) is 4.79. The lowest BCUT2D eigenvalue weighted by molar-refractivity contribution is -0.126. The third-order valence-corrected chi connectivity index (χ3v) is 6.58. The molecule has 3 aromatic rings. The Morgan fingerprint density at radius 2 is 2.14 bits per heavy atom. The van der Waals surface area contributed by atoms with Crippen LogP contribution in [0, 0.1) is 5.92 Å². The summed E-state index contributed by atoms with van der Waals surface area (Å²) >= 11 is 1.73. The van der Waals surface area contributed by atoms with Gasteiger partial charge in [-0.3, -0.25) is 4.79 Å². The van der Waals surface area contributed by atoms with Crippen LogP contribution in [-0.4, -0.2) is 31.1 Å². The average molecular weight is 410 g/mol. The van der Waals surface area contributed by atoms with E-state index in [1.54, 1.807) is 18.4 Å². The van der Waals surface area contributed by atoms with Crippen LogP contribution in [0.15, 0.2) is 48.0 Å². The van der Waals surface area contributed by atoms with Crippen LogP contribution in [0.25, 0.3) is 10.1 Å². The van der Waals surface area contributed by atoms with Gasteiger partial charge < -0.3 is 15.0 Å². The van der Waals surface area contributed by atoms with Crippen LogP contribution >= 0.6 is 11.3 Å². The summed E-state index contributed by atoms with van der Waals surface area (Å²) in [5.74, 6) is 1.94. The molecular formula is C23H27N3O2S. The third kappa shape index (κ3) is 4.22. The number of ether oxygens (including phenoxy) is 1. The molecule has 2 aromatic heterocycles. The molecule has 6 heteroatoms. The fourth-order valence-electron chi connectivity index (χ4n) is 4.06. The Balaban J connectivity index is 1.46. The molecule has 0 saturated carbocycles. The first-order valence-electron chi connectivity index (χ1n) is 10.2. The Bertz CT molecular complexity index is 970. The van der Waals surface area contributed by atoms with Gasteiger partial charge in [0.25, 0.3) is 0 Å². The minimum absolute atomic E-state index is 0.0159. The molecule has 3 heterocycles. The van der Waals surface area contributed by atoms with Gasteiger partial charge in [0.2, 0.25) is 5.91 Å². The van der Waals surface area contributed by atoms with Crippen molar-refractivity contribution < 1.29 is 9.53 Å². The molecule has 0 aliphatic carbocycles. The molecule has 2 atom stereocenters. The zero-order chi connectivity index (χ0) is 20.2. The van der Waals surface area contributed by atoms with Crippen molar-refractivity contribution in [2.24, 2.45) is 5.92 Å². The quantitative estimate of drug-likeness (QED) is 0.636. The molecule has 1 saturated heterocycles. The molecule has 1 aliphatic heterocycles. The van der Waals surface area contributed by atoms with Crippen LogP contribution in [0.4, 0.5) is 5.82 Å². The monoisotopic (exact) mass is 409 g/mol. The topological polar surface area (TPSA) is 54.5 Å². The van der Waals surface area contributed by atoms with E-state index in [1.165, 1.54) is 10.1 Å². The first-order valence-corrected chi connectivity index (χ1v) is 11.1. The molecule has 1 aliphatic rings. The van der Waals surface area contributed by atoms with Gasteiger partial charge in [-0.05, 0) is 54.5 Å². The smallest absolute Gasteiger partial charge is 0.225 e. The van der Waals surface area contributed by atoms with Gasteiger partial charge in [0.15, 0.2) is 0 Å². The Kier molecular flexibility index (Phi) is 6.00. The molecule has 152 valence electrons. The first kappa shape index (κ1) is 19.7. The van der Waals surface area contributed by atoms with Gasteiger partial charge in [0.05, 0.1) is 19.1 Å². The fraction of sp³-hybridized carbons (Fsp3) is 0.391. The van der Waals surface area contributed by atoms with Crippen molar-refractivity contribution in [3.63, 3.8) is 0 Å². The van der Waals surface area contributed by atoms with E-state index < -0.39 is 0 Å². The van der Waals surface area contributed by atoms with Crippen molar-refractivity contribution in [3.8, 4) is 5.75 Å². The third-order valence-electron chi connectivity index (χ3n) is 5.69. The van der Waals surface area contributed by atoms with Crippen LogP contribution in [0.2, 0.25) is 0 Å². The number of fused-ring (bicyclic) bond motifs is 1. The summed E-state index contributed by atoms with van der Waals surface area (Å²) in [5, 5.41) is 6.55. The van der Waals surface area contributed by atoms with E-state index in [9.17, 15) is 4.79 Å². The van der Waals surface area contributed by atoms with Crippen molar-refractivity contribution in [1.29, 1.82) is 0 Å². The van der Waals surface area contributed by atoms with E-state index in [0.717, 1.165) is 42.9 Å². The zero-order valence-electron chi connectivity index (χ0n) is 16.9. The summed E-state index contributed by atoms with van der Waals surface area (Å²) < 4.78 is 6.48. The number of pyridine rings is 1. The Hall–Kier alpha value is -2.60. The molecule has 0 radical (unpaired) electrons. The predicted molar refractivity (Wildman–Crippen MR) is 119 cm³/mol. The lowest BCUT2D eigenvalue weighted by Crippen LogP contribution is -2.44. The maximum Gasteiger partial charge on any atom is 0.225 e. The minimum atomic E-state index is -0.0215. The van der Waals surface area contributed by atoms with Gasteiger partial charge in [-0.15, -0.1) is 11.3 Å². The van der Waals surface area contributed by atoms with Crippen molar-refractivity contribution in [3.05, 3.63) is 53.5 Å². The zero-order valence-corrected chi connectivity index (χ0v) is 17.7. The van der Waals surface area contributed by atoms with Crippen LogP contribution in [0.3, 0.4) is 0 Å². The Morgan fingerprint density at radius 3 is 2.90 bits per heavy atom. The lowest BCUT2D eigenvalue weighted by atomic mass is 9.95. The second-order valence-electron chi connectivity index (χ2n) is 7.49. The normalized spacial score (nSPS) is 17.9. The number of carbonyl (C=O) groups is 1. The van der Waals surface area contributed by atoms with Gasteiger partial charge in [-0.1, -0.05) is 19.1 Å². The Labute approximate surface area is 175 Å². The van der Waals surface area contributed by atoms with E-state index in [2.05, 4.69) is 39.6 Å². The van der Waals surface area contributed by atoms with Crippen LogP contribution < -0.4 is 15.0 Å². The van der Waals surface area contributed by atoms with Gasteiger partial charge in [-0.25, -0.2) is 4.98 Å². The van der Waals surface area contributed by atoms with Crippen molar-refractivity contribution in [2.75, 3.05) is 25.1 Å². The van der Waals surface area contributed by atoms with Crippen LogP contribution in [-0.2, 0) is 4.79 Å². The number of anilines is 1. The lowest BCUT2D eigenvalue weighted by Gasteiger charge is -2.34. The average Bonchev–Trinajstić information content (AvgIpc) is 3.26. The van der Waals surface area contributed by atoms with E-state index in [-0.39, 0.29) is 17.9 Å². The summed E-state index contributed by atoms with van der Waals surface area (Å²) in [6, 6.07) is 12.1. The Morgan fingerprint density at radius 1 is 1.31 bits per heavy atom. The number of nitrogens with one attached hydrogen (secondary N) is 1. The number of amides is 1. The molecular weight excluding hydrogens is 382 g/mol. The summed E-state index contributed by atoms with van der Waals surface area (Å²) in [6.45, 7) is 3.76. The molecule has 0 unspecified atom stereocenters. The van der Waals surface area contributed by atoms with Crippen molar-refractivity contribution in [2.45, 2.75) is 32.2 Å². The number of carbonyl (C=O) groups excluding carboxylic acids is 1. The highest BCUT2D eigenvalue weighted by atomic mass is 32.1. The SMILES string of the molecule is CC[C@@H](NC(=O)[C@@H]1CCCN(c2nccc3sccc23)C1)c1ccc(OC)cc1. The number of rotatable bonds is 6. The number of methoxy groups -OCH3 is 1. The highest BCUT2D eigenvalue weighted by Crippen LogP contribution is 2.31. The number of thiophene rings is 1. The van der Waals surface area contributed by atoms with Gasteiger partial charge >= 0.3 is 0 Å². The number of hydrogen-bond donors (Lipinski definition) is 1. The molecule has 0 bridgehead atoms. The molecule has 29 heavy (non-hydrogen) atoms. The van der Waals surface area contributed by atoms with E-state index in [0.29, 0.717) is 6.54 Å². The van der Waals surface area contributed by atoms with Gasteiger partial charge in [0.1, 0.15) is 11.6 Å². The van der Waals surface area contributed by atoms with Gasteiger partial charge in [-0.2, -0.15) is 0 Å². The maximum atomic E-state index is 13.1.